The number of carbonyl (C=O) groups is 2. The number of nitrogens with two attached hydrogens (primary N) is 1. The third kappa shape index (κ3) is 2.97. The third-order valence-electron chi connectivity index (χ3n) is 4.50. The number of hydrogen-bond donors (Lipinski definition) is 1. The van der Waals surface area contributed by atoms with Gasteiger partial charge in [0, 0.05) is 19.0 Å². The second-order valence-electron chi connectivity index (χ2n) is 6.40. The second-order valence-corrected chi connectivity index (χ2v) is 7.46. The molecule has 1 aromatic carbocycles. The first kappa shape index (κ1) is 17.3. The van der Waals surface area contributed by atoms with E-state index in [0.29, 0.717) is 22.9 Å². The highest BCUT2D eigenvalue weighted by Gasteiger charge is 2.35. The van der Waals surface area contributed by atoms with Crippen molar-refractivity contribution in [3.63, 3.8) is 0 Å². The smallest absolute Gasteiger partial charge is 0.294 e. The van der Waals surface area contributed by atoms with Crippen molar-refractivity contribution < 1.29 is 14.0 Å². The van der Waals surface area contributed by atoms with Crippen molar-refractivity contribution in [3.8, 4) is 10.6 Å². The molecule has 3 aromatic rings. The predicted molar refractivity (Wildman–Crippen MR) is 105 cm³/mol. The van der Waals surface area contributed by atoms with Crippen molar-refractivity contribution in [2.75, 3.05) is 22.1 Å². The zero-order chi connectivity index (χ0) is 19.1. The number of benzene rings is 1. The molecule has 0 aliphatic carbocycles. The summed E-state index contributed by atoms with van der Waals surface area (Å²) in [4.78, 5) is 32.9. The van der Waals surface area contributed by atoms with Gasteiger partial charge in [0.15, 0.2) is 5.76 Å². The summed E-state index contributed by atoms with van der Waals surface area (Å²) in [6.07, 6.45) is 3.08. The maximum atomic E-state index is 13.0. The molecular formula is C19H18N4O3S. The van der Waals surface area contributed by atoms with E-state index >= 15 is 0 Å². The number of furan rings is 1. The lowest BCUT2D eigenvalue weighted by atomic mass is 10.0. The van der Waals surface area contributed by atoms with Gasteiger partial charge in [0.05, 0.1) is 29.9 Å². The van der Waals surface area contributed by atoms with Crippen molar-refractivity contribution in [1.29, 1.82) is 0 Å². The normalized spacial score (nSPS) is 16.3. The second kappa shape index (κ2) is 6.55. The Morgan fingerprint density at radius 2 is 2.11 bits per heavy atom. The Balaban J connectivity index is 1.85. The summed E-state index contributed by atoms with van der Waals surface area (Å²) < 4.78 is 5.29. The van der Waals surface area contributed by atoms with Gasteiger partial charge >= 0.3 is 0 Å². The average molecular weight is 382 g/mol. The van der Waals surface area contributed by atoms with Crippen LogP contribution in [0.5, 0.6) is 0 Å². The van der Waals surface area contributed by atoms with Crippen LogP contribution in [0.3, 0.4) is 0 Å². The van der Waals surface area contributed by atoms with Gasteiger partial charge in [0.25, 0.3) is 5.91 Å². The molecular weight excluding hydrogens is 364 g/mol. The topological polar surface area (TPSA) is 92.7 Å². The number of nitrogen functional groups attached to an aromatic ring is 1. The van der Waals surface area contributed by atoms with Crippen molar-refractivity contribution in [2.45, 2.75) is 19.9 Å². The zero-order valence-electron chi connectivity index (χ0n) is 14.9. The van der Waals surface area contributed by atoms with Crippen LogP contribution in [0.2, 0.25) is 0 Å². The number of carbonyl (C=O) groups excluding carboxylic acids is 2. The number of amides is 2. The Hall–Kier alpha value is -3.13. The highest BCUT2D eigenvalue weighted by atomic mass is 32.1. The van der Waals surface area contributed by atoms with Crippen LogP contribution in [-0.2, 0) is 4.79 Å². The van der Waals surface area contributed by atoms with E-state index in [4.69, 9.17) is 10.2 Å². The molecule has 4 rings (SSSR count). The van der Waals surface area contributed by atoms with Crippen molar-refractivity contribution in [3.05, 3.63) is 48.6 Å². The number of rotatable bonds is 2. The van der Waals surface area contributed by atoms with E-state index in [1.165, 1.54) is 24.5 Å². The molecule has 8 heteroatoms. The number of aromatic nitrogens is 1. The number of nitrogens with zero attached hydrogens (tertiary/aromatic N) is 3. The fourth-order valence-corrected chi connectivity index (χ4v) is 4.06. The van der Waals surface area contributed by atoms with Crippen LogP contribution >= 0.6 is 11.3 Å². The van der Waals surface area contributed by atoms with Crippen molar-refractivity contribution >= 4 is 39.5 Å². The summed E-state index contributed by atoms with van der Waals surface area (Å²) in [5, 5.41) is 1.37. The maximum absolute atomic E-state index is 13.0. The van der Waals surface area contributed by atoms with E-state index in [0.717, 1.165) is 10.6 Å². The van der Waals surface area contributed by atoms with Crippen molar-refractivity contribution in [2.24, 2.45) is 0 Å². The van der Waals surface area contributed by atoms with Crippen LogP contribution in [0.25, 0.3) is 10.6 Å². The fraction of sp³-hybridized carbons (Fsp3) is 0.211. The van der Waals surface area contributed by atoms with Crippen LogP contribution in [0.1, 0.15) is 24.4 Å². The molecule has 2 N–H and O–H groups in total. The largest absolute Gasteiger partial charge is 0.459 e. The van der Waals surface area contributed by atoms with Gasteiger partial charge in [0.1, 0.15) is 10.0 Å². The summed E-state index contributed by atoms with van der Waals surface area (Å²) in [6.45, 7) is 3.82. The van der Waals surface area contributed by atoms with Gasteiger partial charge in [-0.25, -0.2) is 4.98 Å². The molecule has 0 radical (unpaired) electrons. The van der Waals surface area contributed by atoms with Gasteiger partial charge in [-0.3, -0.25) is 9.59 Å². The summed E-state index contributed by atoms with van der Waals surface area (Å²) >= 11 is 1.37. The molecule has 0 unspecified atom stereocenters. The van der Waals surface area contributed by atoms with E-state index in [1.807, 2.05) is 25.1 Å². The van der Waals surface area contributed by atoms with Gasteiger partial charge < -0.3 is 20.0 Å². The van der Waals surface area contributed by atoms with Crippen LogP contribution in [0.4, 0.5) is 16.4 Å². The molecule has 1 atom stereocenters. The molecule has 0 spiro atoms. The summed E-state index contributed by atoms with van der Waals surface area (Å²) in [5.74, 6) is -0.0551. The Kier molecular flexibility index (Phi) is 4.19. The molecule has 0 fully saturated rings. The number of anilines is 3. The lowest BCUT2D eigenvalue weighted by Crippen LogP contribution is -2.51. The lowest BCUT2D eigenvalue weighted by Gasteiger charge is -2.40. The minimum absolute atomic E-state index is 0.0694. The van der Waals surface area contributed by atoms with E-state index in [-0.39, 0.29) is 23.6 Å². The van der Waals surface area contributed by atoms with E-state index in [2.05, 4.69) is 4.98 Å². The van der Waals surface area contributed by atoms with E-state index in [9.17, 15) is 9.59 Å². The fourth-order valence-electron chi connectivity index (χ4n) is 3.38. The number of fused-ring (bicyclic) bond motifs is 1. The van der Waals surface area contributed by atoms with E-state index in [1.54, 1.807) is 28.1 Å². The molecule has 2 aromatic heterocycles. The van der Waals surface area contributed by atoms with Gasteiger partial charge in [-0.05, 0) is 37.3 Å². The minimum Gasteiger partial charge on any atom is -0.459 e. The Morgan fingerprint density at radius 3 is 2.74 bits per heavy atom. The number of hydrogen-bond acceptors (Lipinski definition) is 6. The molecule has 7 nitrogen and oxygen atoms in total. The molecule has 27 heavy (non-hydrogen) atoms. The van der Waals surface area contributed by atoms with Crippen molar-refractivity contribution in [1.82, 2.24) is 4.98 Å². The molecule has 0 saturated carbocycles. The van der Waals surface area contributed by atoms with Crippen LogP contribution in [-0.4, -0.2) is 29.4 Å². The Bertz CT molecular complexity index is 1010. The molecule has 0 saturated heterocycles. The summed E-state index contributed by atoms with van der Waals surface area (Å²) in [5.41, 5.74) is 7.98. The predicted octanol–water partition coefficient (Wildman–Crippen LogP) is 3.39. The van der Waals surface area contributed by atoms with Gasteiger partial charge in [0.2, 0.25) is 5.91 Å². The van der Waals surface area contributed by atoms with Crippen LogP contribution in [0.15, 0.2) is 47.2 Å². The SMILES string of the molecule is CC(=O)N1c2ccc(-c3ncc(N)s3)cc2N(C(=O)c2ccco2)C[C@@H]1C. The van der Waals surface area contributed by atoms with E-state index < -0.39 is 0 Å². The Labute approximate surface area is 160 Å². The first-order valence-corrected chi connectivity index (χ1v) is 9.28. The zero-order valence-corrected chi connectivity index (χ0v) is 15.7. The summed E-state index contributed by atoms with van der Waals surface area (Å²) in [7, 11) is 0. The molecule has 1 aliphatic heterocycles. The molecule has 1 aliphatic rings. The molecule has 0 bridgehead atoms. The third-order valence-corrected chi connectivity index (χ3v) is 5.38. The van der Waals surface area contributed by atoms with Crippen LogP contribution < -0.4 is 15.5 Å². The van der Waals surface area contributed by atoms with Gasteiger partial charge in [-0.2, -0.15) is 0 Å². The maximum Gasteiger partial charge on any atom is 0.294 e. The summed E-state index contributed by atoms with van der Waals surface area (Å²) in [6, 6.07) is 8.77. The standard InChI is InChI=1S/C19H18N4O3S/c1-11-10-22(19(25)16-4-3-7-26-16)15-8-13(18-21-9-17(20)27-18)5-6-14(15)23(11)12(2)24/h3-9,11H,10,20H2,1-2H3/t11-/m0/s1. The van der Waals surface area contributed by atoms with Crippen LogP contribution in [0, 0.1) is 0 Å². The average Bonchev–Trinajstić information content (AvgIpc) is 3.31. The minimum atomic E-state index is -0.243. The molecule has 138 valence electrons. The lowest BCUT2D eigenvalue weighted by molar-refractivity contribution is -0.117. The molecule has 2 amide bonds. The quantitative estimate of drug-likeness (QED) is 0.733. The first-order chi connectivity index (χ1) is 13.0. The Morgan fingerprint density at radius 1 is 1.30 bits per heavy atom. The first-order valence-electron chi connectivity index (χ1n) is 8.46. The van der Waals surface area contributed by atoms with Gasteiger partial charge in [-0.1, -0.05) is 11.3 Å². The molecule has 3 heterocycles. The van der Waals surface area contributed by atoms with Gasteiger partial charge in [-0.15, -0.1) is 0 Å². The highest BCUT2D eigenvalue weighted by Crippen LogP contribution is 2.40. The number of thiazole rings is 1. The monoisotopic (exact) mass is 382 g/mol. The highest BCUT2D eigenvalue weighted by molar-refractivity contribution is 7.18.